The van der Waals surface area contributed by atoms with Crippen LogP contribution in [0.4, 0.5) is 0 Å². The molecule has 2 aliphatic carbocycles. The number of hydrogen-bond acceptors (Lipinski definition) is 7. The number of rotatable bonds is 7. The van der Waals surface area contributed by atoms with E-state index in [9.17, 15) is 14.4 Å². The fraction of sp³-hybridized carbons (Fsp3) is 0.476. The van der Waals surface area contributed by atoms with Gasteiger partial charge in [-0.15, -0.1) is 0 Å². The Kier molecular flexibility index (Phi) is 5.84. The van der Waals surface area contributed by atoms with Gasteiger partial charge >= 0.3 is 17.9 Å². The second-order valence-corrected chi connectivity index (χ2v) is 7.02. The third kappa shape index (κ3) is 3.67. The van der Waals surface area contributed by atoms with Gasteiger partial charge in [0.1, 0.15) is 12.1 Å². The van der Waals surface area contributed by atoms with Crippen LogP contribution in [-0.4, -0.2) is 36.7 Å². The molecule has 0 radical (unpaired) electrons. The van der Waals surface area contributed by atoms with Crippen molar-refractivity contribution in [3.63, 3.8) is 0 Å². The molecule has 7 heteroatoms. The van der Waals surface area contributed by atoms with Crippen LogP contribution in [0.5, 0.6) is 0 Å². The Labute approximate surface area is 163 Å². The molecule has 3 rings (SSSR count). The fourth-order valence-electron chi connectivity index (χ4n) is 4.05. The molecule has 150 valence electrons. The maximum atomic E-state index is 12.6. The number of benzene rings is 1. The van der Waals surface area contributed by atoms with Gasteiger partial charge in [0.15, 0.2) is 0 Å². The highest BCUT2D eigenvalue weighted by molar-refractivity contribution is 5.94. The van der Waals surface area contributed by atoms with Gasteiger partial charge < -0.3 is 19.9 Å². The summed E-state index contributed by atoms with van der Waals surface area (Å²) in [6.07, 6.45) is 1.64. The summed E-state index contributed by atoms with van der Waals surface area (Å²) < 4.78 is 15.5. The lowest BCUT2D eigenvalue weighted by atomic mass is 9.86. The number of carbonyl (C=O) groups excluding carboxylic acids is 3. The molecule has 1 aromatic carbocycles. The van der Waals surface area contributed by atoms with Gasteiger partial charge in [-0.25, -0.2) is 9.59 Å². The van der Waals surface area contributed by atoms with Crippen LogP contribution in [0.25, 0.3) is 0 Å². The monoisotopic (exact) mass is 387 g/mol. The van der Waals surface area contributed by atoms with E-state index in [2.05, 4.69) is 0 Å². The van der Waals surface area contributed by atoms with Crippen LogP contribution >= 0.6 is 0 Å². The Hall–Kier alpha value is -2.67. The van der Waals surface area contributed by atoms with E-state index >= 15 is 0 Å². The molecule has 0 bridgehead atoms. The lowest BCUT2D eigenvalue weighted by Crippen LogP contribution is -2.52. The molecule has 0 amide bonds. The van der Waals surface area contributed by atoms with Crippen molar-refractivity contribution in [2.75, 3.05) is 13.2 Å². The Balaban J connectivity index is 1.75. The average molecular weight is 387 g/mol. The molecule has 2 fully saturated rings. The SMILES string of the molecule is CCOC(=O)[C@@H]1C2CC(=CC(=O)OCc3ccccc3)[C@@](N)(C(=O)OCC)[C@@H]21. The van der Waals surface area contributed by atoms with Crippen molar-refractivity contribution >= 4 is 17.9 Å². The molecular formula is C21H25NO6. The van der Waals surface area contributed by atoms with Gasteiger partial charge in [0, 0.05) is 12.0 Å². The van der Waals surface area contributed by atoms with E-state index in [1.165, 1.54) is 6.08 Å². The molecule has 1 unspecified atom stereocenters. The second kappa shape index (κ2) is 8.14. The molecule has 7 nitrogen and oxygen atoms in total. The molecule has 2 saturated carbocycles. The highest BCUT2D eigenvalue weighted by Crippen LogP contribution is 2.64. The van der Waals surface area contributed by atoms with Crippen molar-refractivity contribution in [2.45, 2.75) is 32.4 Å². The number of hydrogen-bond donors (Lipinski definition) is 1. The minimum Gasteiger partial charge on any atom is -0.466 e. The van der Waals surface area contributed by atoms with Gasteiger partial charge in [-0.05, 0) is 37.3 Å². The minimum absolute atomic E-state index is 0.123. The maximum absolute atomic E-state index is 12.6. The number of ether oxygens (including phenoxy) is 3. The zero-order valence-electron chi connectivity index (χ0n) is 16.1. The molecule has 0 heterocycles. The lowest BCUT2D eigenvalue weighted by molar-refractivity contribution is -0.150. The van der Waals surface area contributed by atoms with Crippen LogP contribution in [0.3, 0.4) is 0 Å². The van der Waals surface area contributed by atoms with Crippen LogP contribution in [-0.2, 0) is 35.2 Å². The topological polar surface area (TPSA) is 105 Å². The van der Waals surface area contributed by atoms with Crippen LogP contribution < -0.4 is 5.73 Å². The first-order valence-electron chi connectivity index (χ1n) is 9.47. The molecule has 0 aliphatic heterocycles. The molecule has 28 heavy (non-hydrogen) atoms. The standard InChI is InChI=1S/C21H25NO6/c1-3-26-19(24)17-15-10-14(21(22,18(15)17)20(25)27-4-2)11-16(23)28-12-13-8-6-5-7-9-13/h5-9,11,15,17-18H,3-4,10,12,22H2,1-2H3/t15?,17-,18+,21+/m1/s1. The normalized spacial score (nSPS) is 29.1. The quantitative estimate of drug-likeness (QED) is 0.432. The Morgan fingerprint density at radius 1 is 1.11 bits per heavy atom. The van der Waals surface area contributed by atoms with Gasteiger partial charge in [0.05, 0.1) is 19.1 Å². The first-order chi connectivity index (χ1) is 13.4. The lowest BCUT2D eigenvalue weighted by Gasteiger charge is -2.27. The maximum Gasteiger partial charge on any atom is 0.331 e. The first kappa shape index (κ1) is 20.1. The Morgan fingerprint density at radius 3 is 2.43 bits per heavy atom. The van der Waals surface area contributed by atoms with E-state index < -0.39 is 29.3 Å². The first-order valence-corrected chi connectivity index (χ1v) is 9.47. The third-order valence-electron chi connectivity index (χ3n) is 5.37. The van der Waals surface area contributed by atoms with Crippen molar-refractivity contribution < 1.29 is 28.6 Å². The summed E-state index contributed by atoms with van der Waals surface area (Å²) in [5.74, 6) is -2.54. The fourth-order valence-corrected chi connectivity index (χ4v) is 4.05. The summed E-state index contributed by atoms with van der Waals surface area (Å²) in [4.78, 5) is 37.0. The Bertz CT molecular complexity index is 789. The van der Waals surface area contributed by atoms with E-state index in [1.54, 1.807) is 13.8 Å². The van der Waals surface area contributed by atoms with E-state index in [4.69, 9.17) is 19.9 Å². The summed E-state index contributed by atoms with van der Waals surface area (Å²) in [7, 11) is 0. The second-order valence-electron chi connectivity index (χ2n) is 7.02. The molecular weight excluding hydrogens is 362 g/mol. The number of carbonyl (C=O) groups is 3. The number of nitrogens with two attached hydrogens (primary N) is 1. The molecule has 4 atom stereocenters. The number of esters is 3. The van der Waals surface area contributed by atoms with Gasteiger partial charge in [-0.3, -0.25) is 4.79 Å². The minimum atomic E-state index is -1.51. The molecule has 0 spiro atoms. The van der Waals surface area contributed by atoms with Gasteiger partial charge in [0.25, 0.3) is 0 Å². The van der Waals surface area contributed by atoms with Gasteiger partial charge in [-0.2, -0.15) is 0 Å². The highest BCUT2D eigenvalue weighted by atomic mass is 16.5. The largest absolute Gasteiger partial charge is 0.466 e. The van der Waals surface area contributed by atoms with Crippen LogP contribution in [0.15, 0.2) is 42.0 Å². The summed E-state index contributed by atoms with van der Waals surface area (Å²) >= 11 is 0. The molecule has 2 N–H and O–H groups in total. The summed E-state index contributed by atoms with van der Waals surface area (Å²) in [5, 5.41) is 0. The average Bonchev–Trinajstić information content (AvgIpc) is 3.33. The van der Waals surface area contributed by atoms with Gasteiger partial charge in [-0.1, -0.05) is 30.3 Å². The van der Waals surface area contributed by atoms with Crippen LogP contribution in [0.2, 0.25) is 0 Å². The molecule has 1 aromatic rings. The van der Waals surface area contributed by atoms with Gasteiger partial charge in [0.2, 0.25) is 0 Å². The van der Waals surface area contributed by atoms with E-state index in [0.29, 0.717) is 12.0 Å². The zero-order valence-corrected chi connectivity index (χ0v) is 16.1. The van der Waals surface area contributed by atoms with E-state index in [1.807, 2.05) is 30.3 Å². The van der Waals surface area contributed by atoms with Crippen molar-refractivity contribution in [3.8, 4) is 0 Å². The van der Waals surface area contributed by atoms with Crippen LogP contribution in [0.1, 0.15) is 25.8 Å². The molecule has 0 aromatic heterocycles. The predicted molar refractivity (Wildman–Crippen MR) is 99.6 cm³/mol. The predicted octanol–water partition coefficient (Wildman–Crippen LogP) is 1.75. The van der Waals surface area contributed by atoms with Crippen molar-refractivity contribution in [2.24, 2.45) is 23.5 Å². The summed E-state index contributed by atoms with van der Waals surface area (Å²) in [5.41, 5.74) is 6.23. The smallest absolute Gasteiger partial charge is 0.331 e. The third-order valence-corrected chi connectivity index (χ3v) is 5.37. The van der Waals surface area contributed by atoms with Crippen LogP contribution in [0, 0.1) is 17.8 Å². The molecule has 2 aliphatic rings. The number of fused-ring (bicyclic) bond motifs is 1. The van der Waals surface area contributed by atoms with Crippen molar-refractivity contribution in [1.82, 2.24) is 0 Å². The van der Waals surface area contributed by atoms with Crippen molar-refractivity contribution in [3.05, 3.63) is 47.5 Å². The highest BCUT2D eigenvalue weighted by Gasteiger charge is 2.72. The van der Waals surface area contributed by atoms with E-state index in [0.717, 1.165) is 5.56 Å². The summed E-state index contributed by atoms with van der Waals surface area (Å²) in [6.45, 7) is 3.95. The van der Waals surface area contributed by atoms with E-state index in [-0.39, 0.29) is 31.7 Å². The zero-order chi connectivity index (χ0) is 20.3. The van der Waals surface area contributed by atoms with Crippen molar-refractivity contribution in [1.29, 1.82) is 0 Å². The Morgan fingerprint density at radius 2 is 1.79 bits per heavy atom. The summed E-state index contributed by atoms with van der Waals surface area (Å²) in [6, 6.07) is 9.28. The molecule has 0 saturated heterocycles.